The zero-order chi connectivity index (χ0) is 18.5. The molecule has 0 aliphatic carbocycles. The van der Waals surface area contributed by atoms with Crippen molar-refractivity contribution in [3.8, 4) is 0 Å². The minimum absolute atomic E-state index is 0.0215. The largest absolute Gasteiger partial charge is 0.351 e. The first kappa shape index (κ1) is 18.5. The molecule has 2 aromatic heterocycles. The average molecular weight is 372 g/mol. The molecule has 1 aliphatic heterocycles. The van der Waals surface area contributed by atoms with Gasteiger partial charge in [0.25, 0.3) is 0 Å². The zero-order valence-corrected chi connectivity index (χ0v) is 16.0. The smallest absolute Gasteiger partial charge is 0.225 e. The van der Waals surface area contributed by atoms with Crippen LogP contribution < -0.4 is 5.32 Å². The minimum Gasteiger partial charge on any atom is -0.351 e. The molecule has 1 atom stereocenters. The van der Waals surface area contributed by atoms with Crippen molar-refractivity contribution >= 4 is 23.2 Å². The second kappa shape index (κ2) is 8.40. The predicted molar refractivity (Wildman–Crippen MR) is 100 cm³/mol. The molecule has 6 nitrogen and oxygen atoms in total. The van der Waals surface area contributed by atoms with Crippen molar-refractivity contribution in [3.63, 3.8) is 0 Å². The minimum atomic E-state index is -0.289. The summed E-state index contributed by atoms with van der Waals surface area (Å²) < 4.78 is 0. The highest BCUT2D eigenvalue weighted by molar-refractivity contribution is 7.11. The Morgan fingerprint density at radius 3 is 3.04 bits per heavy atom. The first-order chi connectivity index (χ1) is 12.6. The van der Waals surface area contributed by atoms with Crippen LogP contribution in [-0.2, 0) is 29.1 Å². The molecule has 0 bridgehead atoms. The Morgan fingerprint density at radius 1 is 1.46 bits per heavy atom. The van der Waals surface area contributed by atoms with E-state index in [1.165, 1.54) is 0 Å². The van der Waals surface area contributed by atoms with E-state index >= 15 is 0 Å². The highest BCUT2D eigenvalue weighted by atomic mass is 32.1. The monoisotopic (exact) mass is 372 g/mol. The van der Waals surface area contributed by atoms with Gasteiger partial charge in [-0.05, 0) is 31.4 Å². The molecule has 2 aromatic rings. The topological polar surface area (TPSA) is 75.2 Å². The van der Waals surface area contributed by atoms with Crippen molar-refractivity contribution in [1.82, 2.24) is 20.2 Å². The van der Waals surface area contributed by atoms with E-state index in [0.29, 0.717) is 19.6 Å². The Bertz CT molecular complexity index is 775. The Hall–Kier alpha value is -2.28. The Morgan fingerprint density at radius 2 is 2.31 bits per heavy atom. The number of pyridine rings is 1. The molecule has 26 heavy (non-hydrogen) atoms. The van der Waals surface area contributed by atoms with E-state index in [1.807, 2.05) is 19.1 Å². The summed E-state index contributed by atoms with van der Waals surface area (Å²) in [4.78, 5) is 36.1. The maximum Gasteiger partial charge on any atom is 0.225 e. The number of thiazole rings is 1. The van der Waals surface area contributed by atoms with Crippen LogP contribution in [0.4, 0.5) is 0 Å². The number of likely N-dealkylation sites (tertiary alicyclic amines) is 1. The molecule has 0 saturated carbocycles. The first-order valence-electron chi connectivity index (χ1n) is 8.96. The number of amides is 2. The average Bonchev–Trinajstić information content (AvgIpc) is 3.17. The van der Waals surface area contributed by atoms with Crippen molar-refractivity contribution < 1.29 is 9.59 Å². The van der Waals surface area contributed by atoms with E-state index < -0.39 is 0 Å². The van der Waals surface area contributed by atoms with Gasteiger partial charge in [0.1, 0.15) is 0 Å². The number of rotatable bonds is 7. The van der Waals surface area contributed by atoms with Crippen LogP contribution in [0.3, 0.4) is 0 Å². The standard InChI is InChI=1S/C19H24N4O2S/c1-3-5-17-22-13(2)16(26-17)10-21-19(25)15-8-18(24)23(12-15)11-14-6-4-7-20-9-14/h4,6-7,9,15H,3,5,8,10-12H2,1-2H3,(H,21,25). The molecular formula is C19H24N4O2S. The van der Waals surface area contributed by atoms with Gasteiger partial charge in [0, 0.05) is 36.8 Å². The van der Waals surface area contributed by atoms with Gasteiger partial charge in [-0.25, -0.2) is 4.98 Å². The van der Waals surface area contributed by atoms with Crippen molar-refractivity contribution in [3.05, 3.63) is 45.7 Å². The van der Waals surface area contributed by atoms with Gasteiger partial charge in [0.2, 0.25) is 11.8 Å². The predicted octanol–water partition coefficient (Wildman–Crippen LogP) is 2.46. The van der Waals surface area contributed by atoms with Gasteiger partial charge in [-0.1, -0.05) is 13.0 Å². The van der Waals surface area contributed by atoms with Crippen LogP contribution in [0.5, 0.6) is 0 Å². The van der Waals surface area contributed by atoms with Gasteiger partial charge in [-0.2, -0.15) is 0 Å². The number of hydrogen-bond donors (Lipinski definition) is 1. The fraction of sp³-hybridized carbons (Fsp3) is 0.474. The molecule has 0 spiro atoms. The number of carbonyl (C=O) groups excluding carboxylic acids is 2. The quantitative estimate of drug-likeness (QED) is 0.810. The molecule has 2 amide bonds. The summed E-state index contributed by atoms with van der Waals surface area (Å²) in [6.45, 7) is 5.56. The van der Waals surface area contributed by atoms with Gasteiger partial charge in [-0.15, -0.1) is 11.3 Å². The normalized spacial score (nSPS) is 16.9. The molecule has 138 valence electrons. The number of carbonyl (C=O) groups is 2. The third-order valence-electron chi connectivity index (χ3n) is 4.51. The molecule has 3 rings (SSSR count). The number of hydrogen-bond acceptors (Lipinski definition) is 5. The van der Waals surface area contributed by atoms with E-state index in [-0.39, 0.29) is 24.2 Å². The van der Waals surface area contributed by atoms with Gasteiger partial charge in [-0.3, -0.25) is 14.6 Å². The first-order valence-corrected chi connectivity index (χ1v) is 9.78. The van der Waals surface area contributed by atoms with E-state index in [0.717, 1.165) is 34.0 Å². The van der Waals surface area contributed by atoms with E-state index in [2.05, 4.69) is 22.2 Å². The van der Waals surface area contributed by atoms with E-state index in [1.54, 1.807) is 28.6 Å². The highest BCUT2D eigenvalue weighted by Crippen LogP contribution is 2.22. The number of aryl methyl sites for hydroxylation is 2. The highest BCUT2D eigenvalue weighted by Gasteiger charge is 2.34. The van der Waals surface area contributed by atoms with Gasteiger partial charge in [0.05, 0.1) is 23.2 Å². The Kier molecular flexibility index (Phi) is 5.98. The second-order valence-electron chi connectivity index (χ2n) is 6.62. The van der Waals surface area contributed by atoms with Crippen LogP contribution in [0.1, 0.15) is 40.9 Å². The third kappa shape index (κ3) is 4.46. The molecule has 7 heteroatoms. The van der Waals surface area contributed by atoms with Gasteiger partial charge in [0.15, 0.2) is 0 Å². The van der Waals surface area contributed by atoms with Crippen LogP contribution in [0.15, 0.2) is 24.5 Å². The summed E-state index contributed by atoms with van der Waals surface area (Å²) in [5.74, 6) is -0.326. The van der Waals surface area contributed by atoms with Crippen molar-refractivity contribution in [2.75, 3.05) is 6.54 Å². The lowest BCUT2D eigenvalue weighted by atomic mass is 10.1. The van der Waals surface area contributed by atoms with Crippen molar-refractivity contribution in [2.45, 2.75) is 46.2 Å². The van der Waals surface area contributed by atoms with Gasteiger partial charge < -0.3 is 10.2 Å². The lowest BCUT2D eigenvalue weighted by Crippen LogP contribution is -2.32. The molecule has 1 fully saturated rings. The lowest BCUT2D eigenvalue weighted by molar-refractivity contribution is -0.129. The van der Waals surface area contributed by atoms with Crippen molar-refractivity contribution in [2.24, 2.45) is 5.92 Å². The maximum absolute atomic E-state index is 12.5. The van der Waals surface area contributed by atoms with Crippen LogP contribution in [0, 0.1) is 12.8 Å². The molecule has 1 N–H and O–H groups in total. The summed E-state index contributed by atoms with van der Waals surface area (Å²) in [6, 6.07) is 3.79. The summed E-state index contributed by atoms with van der Waals surface area (Å²) in [6.07, 6.45) is 5.77. The number of nitrogens with one attached hydrogen (secondary N) is 1. The lowest BCUT2D eigenvalue weighted by Gasteiger charge is -2.16. The molecule has 3 heterocycles. The number of nitrogens with zero attached hydrogens (tertiary/aromatic N) is 3. The third-order valence-corrected chi connectivity index (χ3v) is 5.72. The molecule has 0 aromatic carbocycles. The van der Waals surface area contributed by atoms with E-state index in [4.69, 9.17) is 0 Å². The van der Waals surface area contributed by atoms with Crippen LogP contribution >= 0.6 is 11.3 Å². The molecule has 1 unspecified atom stereocenters. The van der Waals surface area contributed by atoms with Crippen LogP contribution in [0.25, 0.3) is 0 Å². The van der Waals surface area contributed by atoms with Crippen LogP contribution in [-0.4, -0.2) is 33.2 Å². The van der Waals surface area contributed by atoms with Crippen molar-refractivity contribution in [1.29, 1.82) is 0 Å². The summed E-state index contributed by atoms with van der Waals surface area (Å²) in [5.41, 5.74) is 1.96. The fourth-order valence-electron chi connectivity index (χ4n) is 3.10. The number of aromatic nitrogens is 2. The van der Waals surface area contributed by atoms with Crippen LogP contribution in [0.2, 0.25) is 0 Å². The summed E-state index contributed by atoms with van der Waals surface area (Å²) in [5, 5.41) is 4.10. The van der Waals surface area contributed by atoms with Gasteiger partial charge >= 0.3 is 0 Å². The molecule has 1 saturated heterocycles. The summed E-state index contributed by atoms with van der Waals surface area (Å²) in [7, 11) is 0. The molecule has 1 aliphatic rings. The second-order valence-corrected chi connectivity index (χ2v) is 7.79. The SMILES string of the molecule is CCCc1nc(C)c(CNC(=O)C2CC(=O)N(Cc3cccnc3)C2)s1. The summed E-state index contributed by atoms with van der Waals surface area (Å²) >= 11 is 1.66. The Labute approximate surface area is 157 Å². The maximum atomic E-state index is 12.5. The zero-order valence-electron chi connectivity index (χ0n) is 15.2. The molecule has 0 radical (unpaired) electrons. The van der Waals surface area contributed by atoms with E-state index in [9.17, 15) is 9.59 Å². The fourth-order valence-corrected chi connectivity index (χ4v) is 4.21. The Balaban J connectivity index is 1.53. The molecular weight excluding hydrogens is 348 g/mol.